The summed E-state index contributed by atoms with van der Waals surface area (Å²) in [6, 6.07) is 0. The molecule has 0 saturated heterocycles. The second-order valence-electron chi connectivity index (χ2n) is 2.05. The van der Waals surface area contributed by atoms with Gasteiger partial charge in [-0.2, -0.15) is 0 Å². The van der Waals surface area contributed by atoms with E-state index in [0.29, 0.717) is 0 Å². The third-order valence-corrected chi connectivity index (χ3v) is 2.26. The molecule has 0 N–H and O–H groups in total. The Morgan fingerprint density at radius 3 is 2.86 bits per heavy atom. The van der Waals surface area contributed by atoms with Gasteiger partial charge in [-0.1, -0.05) is 13.0 Å². The average Bonchev–Trinajstić information content (AvgIpc) is 1.69. The smallest absolute Gasteiger partial charge is 0.000264 e. The maximum Gasteiger partial charge on any atom is 0.000264 e. The minimum absolute atomic E-state index is 0.912. The molecule has 0 aromatic carbocycles. The van der Waals surface area contributed by atoms with Crippen LogP contribution in [0.5, 0.6) is 0 Å². The maximum absolute atomic E-state index is 2.29. The van der Waals surface area contributed by atoms with Crippen LogP contribution in [0, 0.1) is 5.92 Å². The lowest BCUT2D eigenvalue weighted by Gasteiger charge is -2.09. The Labute approximate surface area is 49.0 Å². The van der Waals surface area contributed by atoms with Crippen LogP contribution in [-0.2, 0) is 0 Å². The van der Waals surface area contributed by atoms with Crippen LogP contribution in [0.1, 0.15) is 13.3 Å². The van der Waals surface area contributed by atoms with E-state index in [-0.39, 0.29) is 0 Å². The number of hydrogen-bond donors (Lipinski definition) is 0. The first-order chi connectivity index (χ1) is 3.39. The summed E-state index contributed by atoms with van der Waals surface area (Å²) in [4.78, 5) is 0. The zero-order valence-electron chi connectivity index (χ0n) is 4.55. The molecule has 1 heteroatoms. The average molecular weight is 114 g/mol. The zero-order chi connectivity index (χ0) is 5.11. The van der Waals surface area contributed by atoms with E-state index in [2.05, 4.69) is 18.4 Å². The summed E-state index contributed by atoms with van der Waals surface area (Å²) < 4.78 is 0. The minimum atomic E-state index is 0.912. The van der Waals surface area contributed by atoms with E-state index >= 15 is 0 Å². The topological polar surface area (TPSA) is 0 Å². The number of hydrogen-bond acceptors (Lipinski definition) is 1. The molecule has 0 bridgehead atoms. The Morgan fingerprint density at radius 2 is 2.57 bits per heavy atom. The predicted octanol–water partition coefficient (Wildman–Crippen LogP) is 2.27. The fourth-order valence-electron chi connectivity index (χ4n) is 0.644. The summed E-state index contributed by atoms with van der Waals surface area (Å²) in [5.41, 5.74) is 0. The molecule has 1 aliphatic heterocycles. The Kier molecular flexibility index (Phi) is 1.80. The van der Waals surface area contributed by atoms with Gasteiger partial charge in [0.2, 0.25) is 0 Å². The molecule has 0 unspecified atom stereocenters. The summed E-state index contributed by atoms with van der Waals surface area (Å²) in [5, 5.41) is 2.19. The van der Waals surface area contributed by atoms with Gasteiger partial charge >= 0.3 is 0 Å². The second kappa shape index (κ2) is 2.41. The van der Waals surface area contributed by atoms with E-state index in [1.54, 1.807) is 0 Å². The van der Waals surface area contributed by atoms with Crippen LogP contribution in [0.2, 0.25) is 0 Å². The molecule has 0 fully saturated rings. The van der Waals surface area contributed by atoms with Crippen LogP contribution in [0.3, 0.4) is 0 Å². The first-order valence-electron chi connectivity index (χ1n) is 2.66. The molecule has 0 saturated carbocycles. The monoisotopic (exact) mass is 114 g/mol. The summed E-state index contributed by atoms with van der Waals surface area (Å²) in [5.74, 6) is 2.23. The van der Waals surface area contributed by atoms with Gasteiger partial charge in [0.15, 0.2) is 0 Å². The van der Waals surface area contributed by atoms with Gasteiger partial charge in [0, 0.05) is 5.75 Å². The molecule has 1 aliphatic rings. The van der Waals surface area contributed by atoms with Gasteiger partial charge < -0.3 is 0 Å². The Balaban J connectivity index is 2.32. The van der Waals surface area contributed by atoms with Gasteiger partial charge in [0.25, 0.3) is 0 Å². The van der Waals surface area contributed by atoms with E-state index in [9.17, 15) is 0 Å². The molecule has 0 spiro atoms. The highest BCUT2D eigenvalue weighted by atomic mass is 32.2. The first-order valence-corrected chi connectivity index (χ1v) is 3.71. The van der Waals surface area contributed by atoms with Crippen molar-refractivity contribution in [3.05, 3.63) is 11.5 Å². The highest BCUT2D eigenvalue weighted by molar-refractivity contribution is 8.02. The zero-order valence-corrected chi connectivity index (χ0v) is 5.37. The quantitative estimate of drug-likeness (QED) is 0.465. The molecule has 40 valence electrons. The molecule has 0 aromatic rings. The number of thioether (sulfide) groups is 1. The number of rotatable bonds is 0. The molecule has 0 aromatic heterocycles. The van der Waals surface area contributed by atoms with Crippen LogP contribution >= 0.6 is 11.8 Å². The van der Waals surface area contributed by atoms with Gasteiger partial charge in [-0.05, 0) is 17.7 Å². The normalized spacial score (nSPS) is 30.7. The minimum Gasteiger partial charge on any atom is -0.134 e. The highest BCUT2D eigenvalue weighted by Crippen LogP contribution is 2.18. The van der Waals surface area contributed by atoms with Gasteiger partial charge in [0.05, 0.1) is 0 Å². The van der Waals surface area contributed by atoms with Crippen molar-refractivity contribution in [1.29, 1.82) is 0 Å². The van der Waals surface area contributed by atoms with Crippen LogP contribution in [0.25, 0.3) is 0 Å². The molecule has 0 amide bonds. The van der Waals surface area contributed by atoms with Crippen LogP contribution in [-0.4, -0.2) is 5.75 Å². The summed E-state index contributed by atoms with van der Waals surface area (Å²) in [6.07, 6.45) is 3.53. The van der Waals surface area contributed by atoms with E-state index in [1.165, 1.54) is 12.2 Å². The standard InChI is InChI=1S/C6H10S/c1-6-3-2-4-7-5-6/h2,4,6H,3,5H2,1H3/t6-/m0/s1. The Hall–Kier alpha value is 0.0900. The van der Waals surface area contributed by atoms with Crippen LogP contribution < -0.4 is 0 Å². The van der Waals surface area contributed by atoms with Crippen LogP contribution in [0.4, 0.5) is 0 Å². The van der Waals surface area contributed by atoms with Crippen molar-refractivity contribution in [2.45, 2.75) is 13.3 Å². The maximum atomic E-state index is 2.29. The molecular weight excluding hydrogens is 104 g/mol. The Morgan fingerprint density at radius 1 is 1.71 bits per heavy atom. The van der Waals surface area contributed by atoms with Gasteiger partial charge in [-0.15, -0.1) is 11.8 Å². The molecule has 0 aliphatic carbocycles. The van der Waals surface area contributed by atoms with E-state index in [1.807, 2.05) is 11.8 Å². The van der Waals surface area contributed by atoms with Gasteiger partial charge in [-0.25, -0.2) is 0 Å². The predicted molar refractivity (Wildman–Crippen MR) is 35.4 cm³/mol. The van der Waals surface area contributed by atoms with Crippen molar-refractivity contribution < 1.29 is 0 Å². The molecule has 0 radical (unpaired) electrons. The molecule has 7 heavy (non-hydrogen) atoms. The van der Waals surface area contributed by atoms with E-state index in [4.69, 9.17) is 0 Å². The van der Waals surface area contributed by atoms with Crippen LogP contribution in [0.15, 0.2) is 11.5 Å². The van der Waals surface area contributed by atoms with E-state index in [0.717, 1.165) is 5.92 Å². The lowest BCUT2D eigenvalue weighted by atomic mass is 10.1. The number of allylic oxidation sites excluding steroid dienone is 1. The second-order valence-corrected chi connectivity index (χ2v) is 2.98. The van der Waals surface area contributed by atoms with Gasteiger partial charge in [-0.3, -0.25) is 0 Å². The summed E-state index contributed by atoms with van der Waals surface area (Å²) in [7, 11) is 0. The van der Waals surface area contributed by atoms with Gasteiger partial charge in [0.1, 0.15) is 0 Å². The third-order valence-electron chi connectivity index (χ3n) is 1.11. The largest absolute Gasteiger partial charge is 0.134 e. The van der Waals surface area contributed by atoms with Crippen molar-refractivity contribution in [3.8, 4) is 0 Å². The van der Waals surface area contributed by atoms with Crippen molar-refractivity contribution in [2.75, 3.05) is 5.75 Å². The van der Waals surface area contributed by atoms with Crippen molar-refractivity contribution in [2.24, 2.45) is 5.92 Å². The van der Waals surface area contributed by atoms with Crippen molar-refractivity contribution in [3.63, 3.8) is 0 Å². The molecule has 1 rings (SSSR count). The fourth-order valence-corrected chi connectivity index (χ4v) is 1.47. The van der Waals surface area contributed by atoms with Crippen molar-refractivity contribution >= 4 is 11.8 Å². The summed E-state index contributed by atoms with van der Waals surface area (Å²) in [6.45, 7) is 2.29. The molecule has 0 nitrogen and oxygen atoms in total. The molecule has 1 atom stereocenters. The molecule has 1 heterocycles. The summed E-state index contributed by atoms with van der Waals surface area (Å²) >= 11 is 1.92. The SMILES string of the molecule is C[C@H]1CC=CSC1. The first kappa shape index (κ1) is 5.23. The van der Waals surface area contributed by atoms with E-state index < -0.39 is 0 Å². The Bertz CT molecular complexity index is 76.2. The fraction of sp³-hybridized carbons (Fsp3) is 0.667. The molecular formula is C6H10S. The highest BCUT2D eigenvalue weighted by Gasteiger charge is 2.00. The lowest BCUT2D eigenvalue weighted by Crippen LogP contribution is -1.97. The van der Waals surface area contributed by atoms with Crippen molar-refractivity contribution in [1.82, 2.24) is 0 Å². The third kappa shape index (κ3) is 1.56. The lowest BCUT2D eigenvalue weighted by molar-refractivity contribution is 0.672.